The van der Waals surface area contributed by atoms with Crippen molar-refractivity contribution < 1.29 is 9.85 Å². The molecule has 0 bridgehead atoms. The van der Waals surface area contributed by atoms with Gasteiger partial charge in [0.1, 0.15) is 10.8 Å². The summed E-state index contributed by atoms with van der Waals surface area (Å²) in [7, 11) is 0. The van der Waals surface area contributed by atoms with E-state index in [1.165, 1.54) is 18.3 Å². The monoisotopic (exact) mass is 268 g/mol. The molecule has 0 atom stereocenters. The Labute approximate surface area is 105 Å². The van der Waals surface area contributed by atoms with Crippen molar-refractivity contribution in [1.29, 1.82) is 0 Å². The lowest BCUT2D eigenvalue weighted by Gasteiger charge is -2.03. The molecule has 9 heteroatoms. The zero-order valence-electron chi connectivity index (χ0n) is 8.69. The van der Waals surface area contributed by atoms with Gasteiger partial charge in [-0.2, -0.15) is 5.10 Å². The van der Waals surface area contributed by atoms with Gasteiger partial charge in [0, 0.05) is 6.07 Å². The van der Waals surface area contributed by atoms with Gasteiger partial charge in [-0.05, 0) is 12.1 Å². The minimum absolute atomic E-state index is 0.0700. The van der Waals surface area contributed by atoms with Gasteiger partial charge in [-0.3, -0.25) is 20.2 Å². The van der Waals surface area contributed by atoms with Crippen LogP contribution in [0.2, 0.25) is 5.15 Å². The van der Waals surface area contributed by atoms with Gasteiger partial charge in [0.25, 0.3) is 5.69 Å². The third kappa shape index (κ3) is 2.00. The Hall–Kier alpha value is -2.48. The molecular weight excluding hydrogens is 264 g/mol. The van der Waals surface area contributed by atoms with E-state index in [1.54, 1.807) is 0 Å². The Morgan fingerprint density at radius 2 is 1.89 bits per heavy atom. The highest BCUT2D eigenvalue weighted by Crippen LogP contribution is 2.29. The molecule has 0 N–H and O–H groups in total. The number of nitro groups is 2. The van der Waals surface area contributed by atoms with Gasteiger partial charge in [-0.25, -0.2) is 4.68 Å². The maximum atomic E-state index is 10.9. The van der Waals surface area contributed by atoms with E-state index in [1.807, 2.05) is 0 Å². The van der Waals surface area contributed by atoms with Crippen LogP contribution in [0, 0.1) is 20.2 Å². The molecule has 0 fully saturated rings. The van der Waals surface area contributed by atoms with E-state index in [9.17, 15) is 20.2 Å². The quantitative estimate of drug-likeness (QED) is 0.627. The van der Waals surface area contributed by atoms with E-state index >= 15 is 0 Å². The van der Waals surface area contributed by atoms with Gasteiger partial charge in [-0.15, -0.1) is 0 Å². The molecule has 1 aromatic carbocycles. The van der Waals surface area contributed by atoms with Crippen LogP contribution < -0.4 is 0 Å². The lowest BCUT2D eigenvalue weighted by molar-refractivity contribution is -0.394. The van der Waals surface area contributed by atoms with Crippen molar-refractivity contribution in [3.63, 3.8) is 0 Å². The molecule has 0 amide bonds. The summed E-state index contributed by atoms with van der Waals surface area (Å²) in [5, 5.41) is 25.5. The van der Waals surface area contributed by atoms with Crippen molar-refractivity contribution in [2.24, 2.45) is 0 Å². The Balaban J connectivity index is 2.65. The van der Waals surface area contributed by atoms with Crippen LogP contribution in [0.15, 0.2) is 30.5 Å². The van der Waals surface area contributed by atoms with Gasteiger partial charge in [0.15, 0.2) is 0 Å². The maximum absolute atomic E-state index is 10.9. The van der Waals surface area contributed by atoms with E-state index in [2.05, 4.69) is 5.10 Å². The summed E-state index contributed by atoms with van der Waals surface area (Å²) in [6.45, 7) is 0. The Kier molecular flexibility index (Phi) is 2.94. The fourth-order valence-electron chi connectivity index (χ4n) is 1.42. The van der Waals surface area contributed by atoms with Crippen LogP contribution >= 0.6 is 11.6 Å². The van der Waals surface area contributed by atoms with Crippen LogP contribution in [-0.4, -0.2) is 19.6 Å². The number of nitrogens with zero attached hydrogens (tertiary/aromatic N) is 4. The number of hydrogen-bond acceptors (Lipinski definition) is 5. The summed E-state index contributed by atoms with van der Waals surface area (Å²) in [6, 6.07) is 4.70. The normalized spacial score (nSPS) is 10.3. The summed E-state index contributed by atoms with van der Waals surface area (Å²) in [5.41, 5.74) is -0.732. The highest BCUT2D eigenvalue weighted by atomic mass is 35.5. The summed E-state index contributed by atoms with van der Waals surface area (Å²) in [6.07, 6.45) is 1.37. The molecule has 2 aromatic rings. The molecule has 0 radical (unpaired) electrons. The molecule has 92 valence electrons. The highest BCUT2D eigenvalue weighted by molar-refractivity contribution is 6.29. The Morgan fingerprint density at radius 1 is 1.17 bits per heavy atom. The van der Waals surface area contributed by atoms with Crippen molar-refractivity contribution in [2.45, 2.75) is 0 Å². The molecule has 1 heterocycles. The van der Waals surface area contributed by atoms with Gasteiger partial charge in [0.2, 0.25) is 0 Å². The number of non-ortho nitro benzene ring substituents is 1. The maximum Gasteiger partial charge on any atom is 0.301 e. The average molecular weight is 269 g/mol. The third-order valence-electron chi connectivity index (χ3n) is 2.19. The van der Waals surface area contributed by atoms with Crippen LogP contribution in [0.5, 0.6) is 0 Å². The number of benzene rings is 1. The minimum Gasteiger partial charge on any atom is -0.258 e. The number of hydrogen-bond donors (Lipinski definition) is 0. The fraction of sp³-hybridized carbons (Fsp3) is 0. The number of aromatic nitrogens is 2. The van der Waals surface area contributed by atoms with Crippen LogP contribution in [-0.2, 0) is 0 Å². The second-order valence-electron chi connectivity index (χ2n) is 3.25. The SMILES string of the molecule is O=[N+]([O-])c1ccc(-n2nccc2Cl)c([N+](=O)[O-])c1. The van der Waals surface area contributed by atoms with Crippen LogP contribution in [0.3, 0.4) is 0 Å². The van der Waals surface area contributed by atoms with E-state index in [0.717, 1.165) is 16.8 Å². The predicted molar refractivity (Wildman–Crippen MR) is 61.9 cm³/mol. The standard InChI is InChI=1S/C9H5ClN4O4/c10-9-3-4-11-12(9)7-2-1-6(13(15)16)5-8(7)14(17)18/h1-5H. The van der Waals surface area contributed by atoms with E-state index in [-0.39, 0.29) is 16.5 Å². The largest absolute Gasteiger partial charge is 0.301 e. The topological polar surface area (TPSA) is 104 Å². The van der Waals surface area contributed by atoms with Gasteiger partial charge in [0.05, 0.1) is 22.1 Å². The molecule has 0 aliphatic carbocycles. The summed E-state index contributed by atoms with van der Waals surface area (Å²) in [5.74, 6) is 0. The third-order valence-corrected chi connectivity index (χ3v) is 2.48. The molecule has 2 rings (SSSR count). The van der Waals surface area contributed by atoms with Gasteiger partial charge in [-0.1, -0.05) is 11.6 Å². The molecule has 1 aromatic heterocycles. The highest BCUT2D eigenvalue weighted by Gasteiger charge is 2.21. The first-order chi connectivity index (χ1) is 8.50. The van der Waals surface area contributed by atoms with E-state index in [0.29, 0.717) is 0 Å². The molecule has 0 spiro atoms. The smallest absolute Gasteiger partial charge is 0.258 e. The zero-order chi connectivity index (χ0) is 13.3. The van der Waals surface area contributed by atoms with Crippen molar-refractivity contribution in [3.05, 3.63) is 55.8 Å². The van der Waals surface area contributed by atoms with E-state index < -0.39 is 15.5 Å². The van der Waals surface area contributed by atoms with Crippen LogP contribution in [0.25, 0.3) is 5.69 Å². The second-order valence-corrected chi connectivity index (χ2v) is 3.64. The number of rotatable bonds is 3. The lowest BCUT2D eigenvalue weighted by Crippen LogP contribution is -2.02. The van der Waals surface area contributed by atoms with Crippen molar-refractivity contribution in [3.8, 4) is 5.69 Å². The first kappa shape index (κ1) is 12.0. The van der Waals surface area contributed by atoms with Crippen molar-refractivity contribution >= 4 is 23.0 Å². The number of halogens is 1. The first-order valence-electron chi connectivity index (χ1n) is 4.63. The molecule has 18 heavy (non-hydrogen) atoms. The van der Waals surface area contributed by atoms with Crippen LogP contribution in [0.4, 0.5) is 11.4 Å². The fourth-order valence-corrected chi connectivity index (χ4v) is 1.61. The average Bonchev–Trinajstić information content (AvgIpc) is 2.74. The minimum atomic E-state index is -0.722. The second kappa shape index (κ2) is 4.41. The molecule has 0 aliphatic heterocycles. The van der Waals surface area contributed by atoms with Crippen LogP contribution in [0.1, 0.15) is 0 Å². The lowest BCUT2D eigenvalue weighted by atomic mass is 10.2. The number of nitro benzene ring substituents is 2. The summed E-state index contributed by atoms with van der Waals surface area (Å²) < 4.78 is 1.13. The van der Waals surface area contributed by atoms with Crippen molar-refractivity contribution in [1.82, 2.24) is 9.78 Å². The molecule has 0 unspecified atom stereocenters. The predicted octanol–water partition coefficient (Wildman–Crippen LogP) is 2.34. The van der Waals surface area contributed by atoms with Gasteiger partial charge < -0.3 is 0 Å². The summed E-state index contributed by atoms with van der Waals surface area (Å²) >= 11 is 5.80. The molecule has 8 nitrogen and oxygen atoms in total. The Morgan fingerprint density at radius 3 is 2.39 bits per heavy atom. The van der Waals surface area contributed by atoms with Gasteiger partial charge >= 0.3 is 5.69 Å². The molecular formula is C9H5ClN4O4. The zero-order valence-corrected chi connectivity index (χ0v) is 9.44. The molecule has 0 saturated heterocycles. The Bertz CT molecular complexity index is 639. The molecule has 0 aliphatic rings. The first-order valence-corrected chi connectivity index (χ1v) is 5.01. The van der Waals surface area contributed by atoms with E-state index in [4.69, 9.17) is 11.6 Å². The molecule has 0 saturated carbocycles. The summed E-state index contributed by atoms with van der Waals surface area (Å²) in [4.78, 5) is 20.0. The van der Waals surface area contributed by atoms with Crippen molar-refractivity contribution in [2.75, 3.05) is 0 Å².